The van der Waals surface area contributed by atoms with Crippen LogP contribution in [0, 0.1) is 13.8 Å². The zero-order valence-corrected chi connectivity index (χ0v) is 13.9. The van der Waals surface area contributed by atoms with Gasteiger partial charge in [-0.25, -0.2) is 0 Å². The van der Waals surface area contributed by atoms with Gasteiger partial charge in [-0.05, 0) is 77.9 Å². The zero-order valence-electron chi connectivity index (χ0n) is 12.3. The third-order valence-corrected chi connectivity index (χ3v) is 4.71. The van der Waals surface area contributed by atoms with Gasteiger partial charge in [-0.2, -0.15) is 0 Å². The minimum atomic E-state index is -0.0119. The van der Waals surface area contributed by atoms with E-state index >= 15 is 0 Å². The van der Waals surface area contributed by atoms with E-state index < -0.39 is 0 Å². The molecule has 1 aromatic carbocycles. The van der Waals surface area contributed by atoms with Crippen molar-refractivity contribution in [3.63, 3.8) is 0 Å². The summed E-state index contributed by atoms with van der Waals surface area (Å²) < 4.78 is 1.09. The predicted molar refractivity (Wildman–Crippen MR) is 90.0 cm³/mol. The Morgan fingerprint density at radius 2 is 2.10 bits per heavy atom. The van der Waals surface area contributed by atoms with Crippen LogP contribution in [0.4, 0.5) is 5.69 Å². The Bertz CT molecular complexity index is 713. The molecule has 0 aliphatic heterocycles. The highest BCUT2D eigenvalue weighted by atomic mass is 79.9. The van der Waals surface area contributed by atoms with E-state index in [0.29, 0.717) is 0 Å². The fourth-order valence-corrected chi connectivity index (χ4v) is 3.91. The second-order valence-electron chi connectivity index (χ2n) is 5.78. The van der Waals surface area contributed by atoms with Crippen molar-refractivity contribution in [2.45, 2.75) is 39.2 Å². The van der Waals surface area contributed by atoms with E-state index in [9.17, 15) is 4.79 Å². The Balaban J connectivity index is 1.96. The van der Waals surface area contributed by atoms with Crippen LogP contribution >= 0.6 is 15.9 Å². The Labute approximate surface area is 132 Å². The van der Waals surface area contributed by atoms with E-state index in [1.165, 1.54) is 16.7 Å². The average Bonchev–Trinajstić information content (AvgIpc) is 2.42. The normalized spacial score (nSPS) is 17.4. The van der Waals surface area contributed by atoms with Crippen LogP contribution in [0.15, 0.2) is 33.5 Å². The lowest BCUT2D eigenvalue weighted by Crippen LogP contribution is -2.22. The van der Waals surface area contributed by atoms with E-state index in [-0.39, 0.29) is 11.6 Å². The number of pyridine rings is 1. The van der Waals surface area contributed by atoms with E-state index in [1.807, 2.05) is 6.07 Å². The van der Waals surface area contributed by atoms with E-state index in [2.05, 4.69) is 52.2 Å². The Morgan fingerprint density at radius 1 is 1.29 bits per heavy atom. The number of aromatic nitrogens is 1. The first-order valence-corrected chi connectivity index (χ1v) is 8.09. The van der Waals surface area contributed by atoms with Gasteiger partial charge < -0.3 is 10.3 Å². The number of H-pyrrole nitrogens is 1. The number of hydrogen-bond acceptors (Lipinski definition) is 2. The molecule has 0 spiro atoms. The molecule has 0 radical (unpaired) electrons. The monoisotopic (exact) mass is 346 g/mol. The maximum Gasteiger partial charge on any atom is 0.248 e. The number of anilines is 1. The van der Waals surface area contributed by atoms with Gasteiger partial charge in [0, 0.05) is 16.2 Å². The predicted octanol–water partition coefficient (Wildman–Crippen LogP) is 4.24. The van der Waals surface area contributed by atoms with Gasteiger partial charge >= 0.3 is 0 Å². The van der Waals surface area contributed by atoms with E-state index in [1.54, 1.807) is 6.07 Å². The van der Waals surface area contributed by atoms with Crippen molar-refractivity contribution in [2.24, 2.45) is 0 Å². The minimum absolute atomic E-state index is 0.0119. The molecule has 0 fully saturated rings. The molecule has 3 nitrogen and oxygen atoms in total. The van der Waals surface area contributed by atoms with E-state index in [0.717, 1.165) is 35.1 Å². The van der Waals surface area contributed by atoms with Crippen LogP contribution in [0.25, 0.3) is 0 Å². The number of benzene rings is 1. The molecule has 4 heteroatoms. The van der Waals surface area contributed by atoms with Gasteiger partial charge in [0.25, 0.3) is 0 Å². The second kappa shape index (κ2) is 5.68. The molecule has 0 amide bonds. The standard InChI is InChI=1S/C17H19BrN2O/c1-10-8-11(2)17(13(18)9-10)20-15-5-3-4-14-12(15)6-7-16(21)19-14/h6-9,15,20H,3-5H2,1-2H3,(H,19,21). The van der Waals surface area contributed by atoms with Gasteiger partial charge in [0.05, 0.1) is 11.7 Å². The summed E-state index contributed by atoms with van der Waals surface area (Å²) in [6.45, 7) is 4.22. The number of fused-ring (bicyclic) bond motifs is 1. The maximum absolute atomic E-state index is 11.5. The van der Waals surface area contributed by atoms with Crippen molar-refractivity contribution in [1.82, 2.24) is 4.98 Å². The van der Waals surface area contributed by atoms with Crippen LogP contribution < -0.4 is 10.9 Å². The largest absolute Gasteiger partial charge is 0.377 e. The van der Waals surface area contributed by atoms with Crippen molar-refractivity contribution >= 4 is 21.6 Å². The SMILES string of the molecule is Cc1cc(C)c(NC2CCCc3[nH]c(=O)ccc32)c(Br)c1. The summed E-state index contributed by atoms with van der Waals surface area (Å²) in [6, 6.07) is 8.15. The zero-order chi connectivity index (χ0) is 15.0. The van der Waals surface area contributed by atoms with Crippen molar-refractivity contribution in [3.05, 3.63) is 61.5 Å². The Morgan fingerprint density at radius 3 is 2.86 bits per heavy atom. The first kappa shape index (κ1) is 14.4. The Hall–Kier alpha value is -1.55. The highest BCUT2D eigenvalue weighted by Gasteiger charge is 2.21. The lowest BCUT2D eigenvalue weighted by Gasteiger charge is -2.28. The average molecular weight is 347 g/mol. The summed E-state index contributed by atoms with van der Waals surface area (Å²) >= 11 is 3.66. The van der Waals surface area contributed by atoms with Crippen LogP contribution in [-0.4, -0.2) is 4.98 Å². The van der Waals surface area contributed by atoms with Gasteiger partial charge in [-0.3, -0.25) is 4.79 Å². The second-order valence-corrected chi connectivity index (χ2v) is 6.64. The maximum atomic E-state index is 11.5. The molecule has 1 aliphatic carbocycles. The highest BCUT2D eigenvalue weighted by Crippen LogP contribution is 2.35. The number of hydrogen-bond donors (Lipinski definition) is 2. The fourth-order valence-electron chi connectivity index (χ4n) is 3.12. The molecular formula is C17H19BrN2O. The third-order valence-electron chi connectivity index (χ3n) is 4.08. The summed E-state index contributed by atoms with van der Waals surface area (Å²) in [6.07, 6.45) is 3.13. The topological polar surface area (TPSA) is 44.9 Å². The number of halogens is 1. The lowest BCUT2D eigenvalue weighted by atomic mass is 9.91. The van der Waals surface area contributed by atoms with Crippen LogP contribution in [0.1, 0.15) is 41.3 Å². The van der Waals surface area contributed by atoms with Crippen LogP contribution in [0.3, 0.4) is 0 Å². The summed E-state index contributed by atoms with van der Waals surface area (Å²) in [7, 11) is 0. The molecule has 2 N–H and O–H groups in total. The highest BCUT2D eigenvalue weighted by molar-refractivity contribution is 9.10. The summed E-state index contributed by atoms with van der Waals surface area (Å²) in [4.78, 5) is 14.4. The lowest BCUT2D eigenvalue weighted by molar-refractivity contribution is 0.586. The number of aryl methyl sites for hydroxylation is 3. The molecule has 0 saturated heterocycles. The molecule has 1 unspecified atom stereocenters. The molecule has 1 aromatic heterocycles. The molecule has 0 bridgehead atoms. The van der Waals surface area contributed by atoms with Crippen molar-refractivity contribution in [3.8, 4) is 0 Å². The quantitative estimate of drug-likeness (QED) is 0.853. The molecule has 21 heavy (non-hydrogen) atoms. The molecule has 1 aliphatic rings. The van der Waals surface area contributed by atoms with E-state index in [4.69, 9.17) is 0 Å². The molecule has 2 aromatic rings. The van der Waals surface area contributed by atoms with Crippen molar-refractivity contribution in [2.75, 3.05) is 5.32 Å². The van der Waals surface area contributed by atoms with Crippen molar-refractivity contribution in [1.29, 1.82) is 0 Å². The smallest absolute Gasteiger partial charge is 0.248 e. The molecule has 0 saturated carbocycles. The van der Waals surface area contributed by atoms with Crippen LogP contribution in [0.2, 0.25) is 0 Å². The Kier molecular flexibility index (Phi) is 3.89. The first-order chi connectivity index (χ1) is 10.0. The van der Waals surface area contributed by atoms with Crippen LogP contribution in [0.5, 0.6) is 0 Å². The van der Waals surface area contributed by atoms with Crippen molar-refractivity contribution < 1.29 is 0 Å². The van der Waals surface area contributed by atoms with Gasteiger partial charge in [0.1, 0.15) is 0 Å². The number of aromatic amines is 1. The number of nitrogens with one attached hydrogen (secondary N) is 2. The van der Waals surface area contributed by atoms with Gasteiger partial charge in [-0.15, -0.1) is 0 Å². The van der Waals surface area contributed by atoms with Gasteiger partial charge in [0.15, 0.2) is 0 Å². The molecule has 110 valence electrons. The van der Waals surface area contributed by atoms with Gasteiger partial charge in [-0.1, -0.05) is 6.07 Å². The molecule has 1 atom stereocenters. The summed E-state index contributed by atoms with van der Waals surface area (Å²) in [5.41, 5.74) is 5.91. The van der Waals surface area contributed by atoms with Crippen LogP contribution in [-0.2, 0) is 6.42 Å². The van der Waals surface area contributed by atoms with Gasteiger partial charge in [0.2, 0.25) is 5.56 Å². The molecule has 1 heterocycles. The summed E-state index contributed by atoms with van der Waals surface area (Å²) in [5.74, 6) is 0. The third kappa shape index (κ3) is 2.91. The fraction of sp³-hybridized carbons (Fsp3) is 0.353. The molecular weight excluding hydrogens is 328 g/mol. The first-order valence-electron chi connectivity index (χ1n) is 7.30. The molecule has 3 rings (SSSR count). The number of rotatable bonds is 2. The summed E-state index contributed by atoms with van der Waals surface area (Å²) in [5, 5.41) is 3.65. The minimum Gasteiger partial charge on any atom is -0.377 e.